The van der Waals surface area contributed by atoms with E-state index in [1.165, 1.54) is 5.56 Å². The summed E-state index contributed by atoms with van der Waals surface area (Å²) in [7, 11) is 4.10. The van der Waals surface area contributed by atoms with Gasteiger partial charge in [-0.1, -0.05) is 36.5 Å². The van der Waals surface area contributed by atoms with Crippen molar-refractivity contribution in [3.8, 4) is 0 Å². The molecule has 0 aliphatic rings. The summed E-state index contributed by atoms with van der Waals surface area (Å²) >= 11 is 3.83. The Hall–Kier alpha value is -1.22. The van der Waals surface area contributed by atoms with Crippen LogP contribution in [0.5, 0.6) is 0 Å². The number of carbonyl (C=O) groups is 1. The Morgan fingerprint density at radius 2 is 1.89 bits per heavy atom. The number of benzene rings is 2. The highest BCUT2D eigenvalue weighted by Gasteiger charge is 2.22. The summed E-state index contributed by atoms with van der Waals surface area (Å²) in [6.07, 6.45) is 1.90. The molecule has 7 heteroatoms. The quantitative estimate of drug-likeness (QED) is 0.380. The molecule has 0 saturated heterocycles. The summed E-state index contributed by atoms with van der Waals surface area (Å²) in [6.45, 7) is 3.74. The van der Waals surface area contributed by atoms with Gasteiger partial charge in [0.25, 0.3) is 5.91 Å². The molecule has 0 saturated carbocycles. The molecule has 0 spiro atoms. The van der Waals surface area contributed by atoms with Gasteiger partial charge in [-0.15, -0.1) is 12.4 Å². The van der Waals surface area contributed by atoms with Crippen LogP contribution in [0.4, 0.5) is 5.13 Å². The lowest BCUT2D eigenvalue weighted by Gasteiger charge is -2.21. The number of carbonyl (C=O) groups excluding carboxylic acids is 1. The maximum absolute atomic E-state index is 13.3. The number of aryl methyl sites for hydroxylation is 1. The fraction of sp³-hybridized carbons (Fsp3) is 0.333. The summed E-state index contributed by atoms with van der Waals surface area (Å²) in [4.78, 5) is 22.1. The minimum absolute atomic E-state index is 0. The van der Waals surface area contributed by atoms with Crippen molar-refractivity contribution in [3.63, 3.8) is 0 Å². The van der Waals surface area contributed by atoms with Crippen LogP contribution in [0.25, 0.3) is 10.2 Å². The molecule has 0 atom stereocenters. The molecule has 0 unspecified atom stereocenters. The predicted molar refractivity (Wildman–Crippen MR) is 130 cm³/mol. The van der Waals surface area contributed by atoms with Crippen molar-refractivity contribution >= 4 is 67.6 Å². The second-order valence-corrected chi connectivity index (χ2v) is 8.92. The number of amides is 1. The Balaban J connectivity index is 0.00000280. The lowest BCUT2D eigenvalue weighted by atomic mass is 10.2. The van der Waals surface area contributed by atoms with Crippen molar-refractivity contribution in [1.82, 2.24) is 9.88 Å². The third-order valence-corrected chi connectivity index (χ3v) is 6.40. The summed E-state index contributed by atoms with van der Waals surface area (Å²) in [6, 6.07) is 14.1. The van der Waals surface area contributed by atoms with E-state index >= 15 is 0 Å². The molecular weight excluding hydrogens is 505 g/mol. The van der Waals surface area contributed by atoms with E-state index in [9.17, 15) is 4.79 Å². The van der Waals surface area contributed by atoms with E-state index in [4.69, 9.17) is 4.98 Å². The van der Waals surface area contributed by atoms with Crippen LogP contribution >= 0.6 is 46.3 Å². The van der Waals surface area contributed by atoms with Gasteiger partial charge in [0.2, 0.25) is 0 Å². The lowest BCUT2D eigenvalue weighted by molar-refractivity contribution is 0.0985. The zero-order chi connectivity index (χ0) is 19.4. The fourth-order valence-corrected chi connectivity index (χ4v) is 4.57. The Kier molecular flexibility index (Phi) is 8.67. The van der Waals surface area contributed by atoms with Gasteiger partial charge >= 0.3 is 0 Å². The van der Waals surface area contributed by atoms with Crippen molar-refractivity contribution in [2.75, 3.05) is 32.1 Å². The van der Waals surface area contributed by atoms with Gasteiger partial charge in [0, 0.05) is 10.1 Å². The molecule has 0 N–H and O–H groups in total. The lowest BCUT2D eigenvalue weighted by Crippen LogP contribution is -2.33. The van der Waals surface area contributed by atoms with Gasteiger partial charge in [-0.05, 0) is 85.9 Å². The van der Waals surface area contributed by atoms with Crippen LogP contribution in [0.2, 0.25) is 0 Å². The van der Waals surface area contributed by atoms with E-state index in [2.05, 4.69) is 66.7 Å². The van der Waals surface area contributed by atoms with Crippen LogP contribution in [0.3, 0.4) is 0 Å². The predicted octanol–water partition coefficient (Wildman–Crippen LogP) is 5.48. The second-order valence-electron chi connectivity index (χ2n) is 6.75. The molecule has 4 nitrogen and oxygen atoms in total. The average molecular weight is 530 g/mol. The normalized spacial score (nSPS) is 10.9. The number of rotatable bonds is 7. The standard InChI is InChI=1S/C21H24IN3OS.ClH/c1-4-15-10-11-18-19(14-15)27-21(23-18)25(13-7-12-24(2)3)20(26)16-8-5-6-9-17(16)22;/h5-6,8-11,14H,4,7,12-13H2,1-3H3;1H. The molecule has 0 radical (unpaired) electrons. The number of halogens is 2. The van der Waals surface area contributed by atoms with Crippen LogP contribution in [-0.2, 0) is 6.42 Å². The van der Waals surface area contributed by atoms with Crippen LogP contribution in [0, 0.1) is 3.57 Å². The monoisotopic (exact) mass is 529 g/mol. The largest absolute Gasteiger partial charge is 0.309 e. The molecule has 2 aromatic carbocycles. The number of hydrogen-bond donors (Lipinski definition) is 0. The number of nitrogens with zero attached hydrogens (tertiary/aromatic N) is 3. The first-order chi connectivity index (χ1) is 13.0. The smallest absolute Gasteiger partial charge is 0.261 e. The molecule has 28 heavy (non-hydrogen) atoms. The van der Waals surface area contributed by atoms with E-state index in [-0.39, 0.29) is 18.3 Å². The molecule has 150 valence electrons. The SMILES string of the molecule is CCc1ccc2nc(N(CCCN(C)C)C(=O)c3ccccc3I)sc2c1.Cl. The van der Waals surface area contributed by atoms with Gasteiger partial charge in [-0.3, -0.25) is 9.69 Å². The highest BCUT2D eigenvalue weighted by molar-refractivity contribution is 14.1. The molecule has 3 aromatic rings. The first-order valence-electron chi connectivity index (χ1n) is 9.10. The minimum atomic E-state index is 0. The van der Waals surface area contributed by atoms with Crippen molar-refractivity contribution in [3.05, 3.63) is 57.2 Å². The van der Waals surface area contributed by atoms with E-state index in [1.807, 2.05) is 29.2 Å². The summed E-state index contributed by atoms with van der Waals surface area (Å²) in [5.74, 6) is 0.0218. The highest BCUT2D eigenvalue weighted by atomic mass is 127. The first kappa shape index (κ1) is 23.1. The summed E-state index contributed by atoms with van der Waals surface area (Å²) in [5.41, 5.74) is 2.98. The Morgan fingerprint density at radius 3 is 2.57 bits per heavy atom. The highest BCUT2D eigenvalue weighted by Crippen LogP contribution is 2.31. The number of thiazole rings is 1. The maximum atomic E-state index is 13.3. The third-order valence-electron chi connectivity index (χ3n) is 4.42. The summed E-state index contributed by atoms with van der Waals surface area (Å²) < 4.78 is 2.10. The van der Waals surface area contributed by atoms with Gasteiger partial charge in [0.1, 0.15) is 0 Å². The van der Waals surface area contributed by atoms with Crippen molar-refractivity contribution in [1.29, 1.82) is 0 Å². The van der Waals surface area contributed by atoms with E-state index in [1.54, 1.807) is 11.3 Å². The van der Waals surface area contributed by atoms with E-state index in [0.717, 1.165) is 43.9 Å². The molecule has 3 rings (SSSR count). The first-order valence-corrected chi connectivity index (χ1v) is 11.0. The molecule has 0 fully saturated rings. The van der Waals surface area contributed by atoms with Crippen LogP contribution in [0.15, 0.2) is 42.5 Å². The fourth-order valence-electron chi connectivity index (χ4n) is 2.90. The maximum Gasteiger partial charge on any atom is 0.261 e. The number of anilines is 1. The molecule has 0 aliphatic heterocycles. The van der Waals surface area contributed by atoms with Crippen molar-refractivity contribution in [2.45, 2.75) is 19.8 Å². The molecule has 1 amide bonds. The molecule has 1 aromatic heterocycles. The number of aromatic nitrogens is 1. The van der Waals surface area contributed by atoms with Crippen molar-refractivity contribution < 1.29 is 4.79 Å². The van der Waals surface area contributed by atoms with Gasteiger partial charge in [0.05, 0.1) is 15.8 Å². The van der Waals surface area contributed by atoms with Gasteiger partial charge in [0.15, 0.2) is 5.13 Å². The van der Waals surface area contributed by atoms with Gasteiger partial charge in [-0.25, -0.2) is 4.98 Å². The minimum Gasteiger partial charge on any atom is -0.309 e. The second kappa shape index (κ2) is 10.5. The van der Waals surface area contributed by atoms with E-state index in [0.29, 0.717) is 6.54 Å². The molecule has 0 bridgehead atoms. The molecule has 1 heterocycles. The summed E-state index contributed by atoms with van der Waals surface area (Å²) in [5, 5.41) is 0.779. The average Bonchev–Trinajstić information content (AvgIpc) is 3.07. The van der Waals surface area contributed by atoms with Crippen molar-refractivity contribution in [2.24, 2.45) is 0 Å². The van der Waals surface area contributed by atoms with E-state index < -0.39 is 0 Å². The third kappa shape index (κ3) is 5.43. The molecule has 0 aliphatic carbocycles. The Labute approximate surface area is 190 Å². The number of fused-ring (bicyclic) bond motifs is 1. The zero-order valence-corrected chi connectivity index (χ0v) is 20.1. The van der Waals surface area contributed by atoms with Crippen LogP contribution in [-0.4, -0.2) is 43.0 Å². The van der Waals surface area contributed by atoms with Gasteiger partial charge in [-0.2, -0.15) is 0 Å². The Morgan fingerprint density at radius 1 is 1.14 bits per heavy atom. The zero-order valence-electron chi connectivity index (χ0n) is 16.3. The number of hydrogen-bond acceptors (Lipinski definition) is 4. The Bertz CT molecular complexity index is 944. The molecular formula is C21H25ClIN3OS. The van der Waals surface area contributed by atoms with Crippen LogP contribution in [0.1, 0.15) is 29.3 Å². The topological polar surface area (TPSA) is 36.4 Å². The van der Waals surface area contributed by atoms with Crippen LogP contribution < -0.4 is 4.90 Å². The van der Waals surface area contributed by atoms with Gasteiger partial charge < -0.3 is 4.90 Å².